The molecule has 3 saturated carbocycles. The summed E-state index contributed by atoms with van der Waals surface area (Å²) in [4.78, 5) is 12.4. The third-order valence-corrected chi connectivity index (χ3v) is 7.93. The number of hydrogen-bond donors (Lipinski definition) is 1. The Labute approximate surface area is 142 Å². The van der Waals surface area contributed by atoms with Gasteiger partial charge in [-0.15, -0.1) is 0 Å². The molecule has 0 aromatic heterocycles. The summed E-state index contributed by atoms with van der Waals surface area (Å²) in [6.07, 6.45) is 4.85. The Kier molecular flexibility index (Phi) is 3.73. The molecule has 0 saturated heterocycles. The van der Waals surface area contributed by atoms with Crippen LogP contribution in [0.5, 0.6) is 0 Å². The van der Waals surface area contributed by atoms with Gasteiger partial charge >= 0.3 is 16.1 Å². The molecule has 3 fully saturated rings. The average Bonchev–Trinajstić information content (AvgIpc) is 2.75. The molecule has 0 unspecified atom stereocenters. The molecule has 0 amide bonds. The number of hydrogen-bond acceptors (Lipinski definition) is 5. The highest BCUT2D eigenvalue weighted by molar-refractivity contribution is 7.87. The van der Waals surface area contributed by atoms with E-state index in [1.54, 1.807) is 18.2 Å². The van der Waals surface area contributed by atoms with E-state index in [2.05, 4.69) is 0 Å². The highest BCUT2D eigenvalue weighted by Gasteiger charge is 2.66. The first-order valence-corrected chi connectivity index (χ1v) is 10.1. The Hall–Kier alpha value is -1.40. The van der Waals surface area contributed by atoms with Crippen molar-refractivity contribution in [2.24, 2.45) is 34.8 Å². The fraction of sp³-hybridized carbons (Fsp3) is 0.611. The molecular weight excluding hydrogens is 326 g/mol. The van der Waals surface area contributed by atoms with Gasteiger partial charge in [0.25, 0.3) is 0 Å². The lowest BCUT2D eigenvalue weighted by molar-refractivity contribution is -0.153. The lowest BCUT2D eigenvalue weighted by atomic mass is 9.45. The smallest absolute Gasteiger partial charge is 0.341 e. The van der Waals surface area contributed by atoms with Crippen molar-refractivity contribution in [3.63, 3.8) is 0 Å². The zero-order valence-electron chi connectivity index (χ0n) is 13.6. The molecule has 0 aliphatic heterocycles. The molecule has 4 rings (SSSR count). The van der Waals surface area contributed by atoms with Crippen molar-refractivity contribution < 1.29 is 17.4 Å². The van der Waals surface area contributed by atoms with Crippen LogP contribution in [0.2, 0.25) is 0 Å². The maximum Gasteiger partial charge on any atom is 0.341 e. The molecular formula is C18H23NO4S. The van der Waals surface area contributed by atoms with E-state index in [1.165, 1.54) is 25.0 Å². The molecule has 0 spiro atoms. The number of nitrogens with two attached hydrogens (primary N) is 1. The summed E-state index contributed by atoms with van der Waals surface area (Å²) in [5, 5.41) is 0. The van der Waals surface area contributed by atoms with E-state index >= 15 is 0 Å². The van der Waals surface area contributed by atoms with Crippen LogP contribution in [-0.4, -0.2) is 20.9 Å². The summed E-state index contributed by atoms with van der Waals surface area (Å²) in [5.41, 5.74) is 5.82. The van der Waals surface area contributed by atoms with Crippen molar-refractivity contribution >= 4 is 16.1 Å². The standard InChI is InChI=1S/C18H23NO4S/c19-11-18(15-7-6-12-8-14(15)16(18)9-12)10-17(20)23-24(21,22)13-4-2-1-3-5-13/h1-5,12,14-16H,6-11,19H2/t12-,14-,15+,16-,18-/m0/s1. The Morgan fingerprint density at radius 3 is 2.62 bits per heavy atom. The Morgan fingerprint density at radius 2 is 1.92 bits per heavy atom. The zero-order valence-corrected chi connectivity index (χ0v) is 14.4. The third kappa shape index (κ3) is 2.30. The molecule has 6 heteroatoms. The normalized spacial score (nSPS) is 36.9. The predicted octanol–water partition coefficient (Wildman–Crippen LogP) is 2.32. The maximum atomic E-state index is 12.4. The summed E-state index contributed by atoms with van der Waals surface area (Å²) in [6.45, 7) is 0.437. The minimum atomic E-state index is -4.05. The SMILES string of the molecule is NC[C@@]1(CC(=O)OS(=O)(=O)c2ccccc2)[C@@H]2CC[C@H]3C[C@@H]2[C@@H]1C3. The van der Waals surface area contributed by atoms with Gasteiger partial charge in [0.1, 0.15) is 4.90 Å². The Bertz CT molecular complexity index is 740. The van der Waals surface area contributed by atoms with E-state index in [4.69, 9.17) is 9.92 Å². The number of carbonyl (C=O) groups excluding carboxylic acids is 1. The van der Waals surface area contributed by atoms with Crippen molar-refractivity contribution in [3.05, 3.63) is 30.3 Å². The molecule has 3 aliphatic rings. The van der Waals surface area contributed by atoms with Crippen LogP contribution in [-0.2, 0) is 19.1 Å². The van der Waals surface area contributed by atoms with Gasteiger partial charge in [-0.3, -0.25) is 4.79 Å². The summed E-state index contributed by atoms with van der Waals surface area (Å²) < 4.78 is 29.4. The molecule has 0 heterocycles. The first-order chi connectivity index (χ1) is 11.5. The summed E-state index contributed by atoms with van der Waals surface area (Å²) >= 11 is 0. The Morgan fingerprint density at radius 1 is 1.17 bits per heavy atom. The van der Waals surface area contributed by atoms with Crippen LogP contribution >= 0.6 is 0 Å². The molecule has 1 aromatic rings. The second-order valence-electron chi connectivity index (χ2n) is 7.63. The monoisotopic (exact) mass is 349 g/mol. The second-order valence-corrected chi connectivity index (χ2v) is 9.17. The average molecular weight is 349 g/mol. The topological polar surface area (TPSA) is 86.5 Å². The summed E-state index contributed by atoms with van der Waals surface area (Å²) in [5.74, 6) is 1.71. The van der Waals surface area contributed by atoms with E-state index < -0.39 is 16.1 Å². The molecule has 1 aromatic carbocycles. The van der Waals surface area contributed by atoms with Gasteiger partial charge in [-0.2, -0.15) is 8.42 Å². The molecule has 2 N–H and O–H groups in total. The van der Waals surface area contributed by atoms with Crippen molar-refractivity contribution in [3.8, 4) is 0 Å². The van der Waals surface area contributed by atoms with Crippen LogP contribution in [0.1, 0.15) is 32.1 Å². The fourth-order valence-electron chi connectivity index (χ4n) is 5.71. The van der Waals surface area contributed by atoms with Crippen LogP contribution in [0.4, 0.5) is 0 Å². The fourth-order valence-corrected chi connectivity index (χ4v) is 6.60. The molecule has 24 heavy (non-hydrogen) atoms. The van der Waals surface area contributed by atoms with E-state index in [0.29, 0.717) is 24.3 Å². The van der Waals surface area contributed by atoms with E-state index in [9.17, 15) is 13.2 Å². The van der Waals surface area contributed by atoms with Crippen molar-refractivity contribution in [1.82, 2.24) is 0 Å². The van der Waals surface area contributed by atoms with Crippen LogP contribution in [0.3, 0.4) is 0 Å². The molecule has 130 valence electrons. The van der Waals surface area contributed by atoms with Crippen LogP contribution < -0.4 is 5.73 Å². The number of fused-ring (bicyclic) bond motifs is 1. The Balaban J connectivity index is 1.50. The lowest BCUT2D eigenvalue weighted by Crippen LogP contribution is -2.59. The van der Waals surface area contributed by atoms with E-state index in [1.807, 2.05) is 0 Å². The van der Waals surface area contributed by atoms with Crippen molar-refractivity contribution in [2.45, 2.75) is 37.0 Å². The largest absolute Gasteiger partial charge is 0.342 e. The van der Waals surface area contributed by atoms with Crippen LogP contribution in [0.25, 0.3) is 0 Å². The van der Waals surface area contributed by atoms with Gasteiger partial charge in [-0.05, 0) is 67.0 Å². The van der Waals surface area contributed by atoms with Gasteiger partial charge in [0.05, 0.1) is 6.42 Å². The van der Waals surface area contributed by atoms with Crippen molar-refractivity contribution in [2.75, 3.05) is 6.54 Å². The highest BCUT2D eigenvalue weighted by atomic mass is 32.2. The molecule has 3 aliphatic carbocycles. The van der Waals surface area contributed by atoms with Crippen LogP contribution in [0, 0.1) is 29.1 Å². The maximum absolute atomic E-state index is 12.4. The number of rotatable bonds is 5. The van der Waals surface area contributed by atoms with Gasteiger partial charge in [-0.25, -0.2) is 0 Å². The molecule has 0 radical (unpaired) electrons. The van der Waals surface area contributed by atoms with Crippen LogP contribution in [0.15, 0.2) is 35.2 Å². The lowest BCUT2D eigenvalue weighted by Gasteiger charge is -2.59. The van der Waals surface area contributed by atoms with Crippen molar-refractivity contribution in [1.29, 1.82) is 0 Å². The minimum Gasteiger partial charge on any atom is -0.342 e. The predicted molar refractivity (Wildman–Crippen MR) is 88.3 cm³/mol. The zero-order chi connectivity index (χ0) is 16.9. The summed E-state index contributed by atoms with van der Waals surface area (Å²) in [6, 6.07) is 7.79. The van der Waals surface area contributed by atoms with Gasteiger partial charge in [0.15, 0.2) is 0 Å². The van der Waals surface area contributed by atoms with E-state index in [0.717, 1.165) is 18.8 Å². The second kappa shape index (κ2) is 5.56. The van der Waals surface area contributed by atoms with E-state index in [-0.39, 0.29) is 16.7 Å². The third-order valence-electron chi connectivity index (χ3n) is 6.68. The van der Waals surface area contributed by atoms with Gasteiger partial charge < -0.3 is 9.92 Å². The highest BCUT2D eigenvalue weighted by Crippen LogP contribution is 2.70. The van der Waals surface area contributed by atoms with Gasteiger partial charge in [0, 0.05) is 0 Å². The first kappa shape index (κ1) is 16.1. The first-order valence-electron chi connectivity index (χ1n) is 8.69. The quantitative estimate of drug-likeness (QED) is 0.825. The van der Waals surface area contributed by atoms with Gasteiger partial charge in [-0.1, -0.05) is 24.6 Å². The molecule has 5 atom stereocenters. The van der Waals surface area contributed by atoms with Gasteiger partial charge in [0.2, 0.25) is 0 Å². The number of benzene rings is 1. The number of carbonyl (C=O) groups is 1. The molecule has 5 nitrogen and oxygen atoms in total. The summed E-state index contributed by atoms with van der Waals surface area (Å²) in [7, 11) is -4.05. The minimum absolute atomic E-state index is 0.00781. The molecule has 2 bridgehead atoms.